The Morgan fingerprint density at radius 2 is 1.81 bits per heavy atom. The summed E-state index contributed by atoms with van der Waals surface area (Å²) < 4.78 is 25.3. The number of methoxy groups -OCH3 is 2. The van der Waals surface area contributed by atoms with Crippen LogP contribution in [-0.2, 0) is 0 Å². The zero-order chi connectivity index (χ0) is 15.6. The van der Waals surface area contributed by atoms with E-state index < -0.39 is 11.6 Å². The Bertz CT molecular complexity index is 702. The summed E-state index contributed by atoms with van der Waals surface area (Å²) in [5, 5.41) is 0. The lowest BCUT2D eigenvalue weighted by molar-refractivity contribution is 0.103. The molecular weight excluding hydrogens is 407 g/mol. The van der Waals surface area contributed by atoms with E-state index in [9.17, 15) is 9.18 Å². The minimum atomic E-state index is -0.590. The summed E-state index contributed by atoms with van der Waals surface area (Å²) in [6.45, 7) is 0. The maximum atomic E-state index is 13.9. The summed E-state index contributed by atoms with van der Waals surface area (Å²) in [6, 6.07) is 7.42. The third kappa shape index (κ3) is 3.27. The van der Waals surface area contributed by atoms with Gasteiger partial charge in [0.2, 0.25) is 5.78 Å². The van der Waals surface area contributed by atoms with Crippen LogP contribution in [0.3, 0.4) is 0 Å². The average Bonchev–Trinajstić information content (AvgIpc) is 2.48. The second-order valence-electron chi connectivity index (χ2n) is 4.14. The van der Waals surface area contributed by atoms with E-state index in [2.05, 4.69) is 31.9 Å². The first-order valence-corrected chi connectivity index (χ1v) is 7.47. The Balaban J connectivity index is 2.60. The van der Waals surface area contributed by atoms with E-state index in [-0.39, 0.29) is 11.1 Å². The van der Waals surface area contributed by atoms with Gasteiger partial charge in [0, 0.05) is 15.0 Å². The molecule has 2 rings (SSSR count). The lowest BCUT2D eigenvalue weighted by Crippen LogP contribution is -2.08. The maximum absolute atomic E-state index is 13.9. The first-order chi connectivity index (χ1) is 9.97. The molecule has 0 saturated heterocycles. The van der Waals surface area contributed by atoms with Crippen LogP contribution in [0.4, 0.5) is 4.39 Å². The second kappa shape index (κ2) is 6.58. The van der Waals surface area contributed by atoms with Crippen LogP contribution in [0.15, 0.2) is 39.3 Å². The summed E-state index contributed by atoms with van der Waals surface area (Å²) in [6.07, 6.45) is 0. The number of hydrogen-bond acceptors (Lipinski definition) is 3. The summed E-state index contributed by atoms with van der Waals surface area (Å²) >= 11 is 6.54. The molecule has 3 nitrogen and oxygen atoms in total. The minimum Gasteiger partial charge on any atom is -0.497 e. The quantitative estimate of drug-likeness (QED) is 0.682. The Hall–Kier alpha value is -1.40. The highest BCUT2D eigenvalue weighted by Gasteiger charge is 2.22. The largest absolute Gasteiger partial charge is 0.497 e. The van der Waals surface area contributed by atoms with Gasteiger partial charge in [0.1, 0.15) is 17.3 Å². The zero-order valence-electron chi connectivity index (χ0n) is 11.2. The van der Waals surface area contributed by atoms with Crippen LogP contribution < -0.4 is 9.47 Å². The smallest absolute Gasteiger partial charge is 0.200 e. The van der Waals surface area contributed by atoms with Gasteiger partial charge >= 0.3 is 0 Å². The van der Waals surface area contributed by atoms with Crippen molar-refractivity contribution >= 4 is 37.6 Å². The number of benzene rings is 2. The highest BCUT2D eigenvalue weighted by Crippen LogP contribution is 2.34. The average molecular weight is 418 g/mol. The van der Waals surface area contributed by atoms with E-state index in [1.165, 1.54) is 32.4 Å². The van der Waals surface area contributed by atoms with Gasteiger partial charge in [-0.15, -0.1) is 0 Å². The Morgan fingerprint density at radius 1 is 1.10 bits per heavy atom. The lowest BCUT2D eigenvalue weighted by atomic mass is 10.0. The molecular formula is C15H11Br2FO3. The SMILES string of the molecule is COc1cc(Br)c(C(=O)c2cc(Br)ccc2F)c(OC)c1. The van der Waals surface area contributed by atoms with E-state index in [0.29, 0.717) is 20.4 Å². The molecule has 0 aliphatic rings. The third-order valence-electron chi connectivity index (χ3n) is 2.88. The van der Waals surface area contributed by atoms with Crippen LogP contribution in [0.1, 0.15) is 15.9 Å². The Morgan fingerprint density at radius 3 is 2.43 bits per heavy atom. The molecule has 0 bridgehead atoms. The number of hydrogen-bond donors (Lipinski definition) is 0. The normalized spacial score (nSPS) is 10.3. The molecule has 0 amide bonds. The Labute approximate surface area is 138 Å². The molecule has 0 heterocycles. The van der Waals surface area contributed by atoms with Gasteiger partial charge in [-0.3, -0.25) is 4.79 Å². The van der Waals surface area contributed by atoms with E-state index >= 15 is 0 Å². The fraction of sp³-hybridized carbons (Fsp3) is 0.133. The van der Waals surface area contributed by atoms with Crippen LogP contribution >= 0.6 is 31.9 Å². The molecule has 0 spiro atoms. The molecule has 0 aliphatic carbocycles. The third-order valence-corrected chi connectivity index (χ3v) is 4.00. The van der Waals surface area contributed by atoms with Crippen LogP contribution in [-0.4, -0.2) is 20.0 Å². The van der Waals surface area contributed by atoms with Crippen molar-refractivity contribution in [2.75, 3.05) is 14.2 Å². The molecule has 0 aliphatic heterocycles. The lowest BCUT2D eigenvalue weighted by Gasteiger charge is -2.12. The molecule has 21 heavy (non-hydrogen) atoms. The fourth-order valence-corrected chi connectivity index (χ4v) is 2.83. The topological polar surface area (TPSA) is 35.5 Å². The summed E-state index contributed by atoms with van der Waals surface area (Å²) in [4.78, 5) is 12.6. The van der Waals surface area contributed by atoms with Gasteiger partial charge in [0.25, 0.3) is 0 Å². The van der Waals surface area contributed by atoms with E-state index in [4.69, 9.17) is 9.47 Å². The summed E-state index contributed by atoms with van der Waals surface area (Å²) in [7, 11) is 2.95. The minimum absolute atomic E-state index is 0.0338. The van der Waals surface area contributed by atoms with Crippen LogP contribution in [0.5, 0.6) is 11.5 Å². The number of halogens is 3. The number of rotatable bonds is 4. The predicted molar refractivity (Wildman–Crippen MR) is 84.8 cm³/mol. The van der Waals surface area contributed by atoms with E-state index in [1.54, 1.807) is 12.1 Å². The molecule has 2 aromatic carbocycles. The first kappa shape index (κ1) is 16.0. The molecule has 6 heteroatoms. The van der Waals surface area contributed by atoms with Gasteiger partial charge in [-0.25, -0.2) is 4.39 Å². The summed E-state index contributed by atoms with van der Waals surface area (Å²) in [5.41, 5.74) is 0.212. The van der Waals surface area contributed by atoms with E-state index in [1.807, 2.05) is 0 Å². The monoisotopic (exact) mass is 416 g/mol. The molecule has 0 aromatic heterocycles. The van der Waals surface area contributed by atoms with Crippen LogP contribution in [0.2, 0.25) is 0 Å². The molecule has 2 aromatic rings. The number of ketones is 1. The van der Waals surface area contributed by atoms with Crippen molar-refractivity contribution in [1.29, 1.82) is 0 Å². The van der Waals surface area contributed by atoms with Gasteiger partial charge in [0.15, 0.2) is 0 Å². The standard InChI is InChI=1S/C15H11Br2FO3/c1-20-9-6-11(17)14(13(7-9)21-2)15(19)10-5-8(16)3-4-12(10)18/h3-7H,1-2H3. The summed E-state index contributed by atoms with van der Waals surface area (Å²) in [5.74, 6) is -0.219. The zero-order valence-corrected chi connectivity index (χ0v) is 14.4. The van der Waals surface area contributed by atoms with Crippen molar-refractivity contribution in [2.45, 2.75) is 0 Å². The predicted octanol–water partition coefficient (Wildman–Crippen LogP) is 4.60. The van der Waals surface area contributed by atoms with Gasteiger partial charge in [-0.05, 0) is 40.2 Å². The number of carbonyl (C=O) groups is 1. The van der Waals surface area contributed by atoms with E-state index in [0.717, 1.165) is 0 Å². The highest BCUT2D eigenvalue weighted by molar-refractivity contribution is 9.10. The molecule has 110 valence electrons. The van der Waals surface area contributed by atoms with Crippen LogP contribution in [0, 0.1) is 5.82 Å². The van der Waals surface area contributed by atoms with Crippen molar-refractivity contribution in [3.63, 3.8) is 0 Å². The molecule has 0 saturated carbocycles. The fourth-order valence-electron chi connectivity index (χ4n) is 1.86. The first-order valence-electron chi connectivity index (χ1n) is 5.89. The van der Waals surface area contributed by atoms with Crippen LogP contribution in [0.25, 0.3) is 0 Å². The van der Waals surface area contributed by atoms with Gasteiger partial charge < -0.3 is 9.47 Å². The highest BCUT2D eigenvalue weighted by atomic mass is 79.9. The number of ether oxygens (including phenoxy) is 2. The van der Waals surface area contributed by atoms with Crippen molar-refractivity contribution in [3.8, 4) is 11.5 Å². The molecule has 0 unspecified atom stereocenters. The maximum Gasteiger partial charge on any atom is 0.200 e. The molecule has 0 radical (unpaired) electrons. The Kier molecular flexibility index (Phi) is 5.00. The van der Waals surface area contributed by atoms with Crippen molar-refractivity contribution in [2.24, 2.45) is 0 Å². The van der Waals surface area contributed by atoms with Crippen molar-refractivity contribution in [1.82, 2.24) is 0 Å². The number of carbonyl (C=O) groups excluding carboxylic acids is 1. The van der Waals surface area contributed by atoms with Crippen molar-refractivity contribution in [3.05, 3.63) is 56.2 Å². The molecule has 0 atom stereocenters. The van der Waals surface area contributed by atoms with Gasteiger partial charge in [-0.2, -0.15) is 0 Å². The molecule has 0 N–H and O–H groups in total. The van der Waals surface area contributed by atoms with Crippen molar-refractivity contribution < 1.29 is 18.7 Å². The second-order valence-corrected chi connectivity index (χ2v) is 5.91. The molecule has 0 fully saturated rings. The van der Waals surface area contributed by atoms with Gasteiger partial charge in [-0.1, -0.05) is 15.9 Å². The van der Waals surface area contributed by atoms with Gasteiger partial charge in [0.05, 0.1) is 25.3 Å².